The van der Waals surface area contributed by atoms with E-state index in [2.05, 4.69) is 5.16 Å². The molecule has 0 saturated heterocycles. The molecule has 1 aromatic heterocycles. The van der Waals surface area contributed by atoms with Gasteiger partial charge in [0.15, 0.2) is 5.76 Å². The van der Waals surface area contributed by atoms with Crippen LogP contribution in [0.4, 0.5) is 0 Å². The number of nitrogens with two attached hydrogens (primary N) is 2. The smallest absolute Gasteiger partial charge is 0.167 e. The predicted octanol–water partition coefficient (Wildman–Crippen LogP) is 2.59. The van der Waals surface area contributed by atoms with Crippen molar-refractivity contribution < 1.29 is 9.26 Å². The van der Waals surface area contributed by atoms with Crippen molar-refractivity contribution in [2.75, 3.05) is 7.11 Å². The molecule has 3 rings (SSSR count). The molecule has 0 atom stereocenters. The lowest BCUT2D eigenvalue weighted by Crippen LogP contribution is -2.12. The first-order valence-electron chi connectivity index (χ1n) is 7.44. The first-order valence-corrected chi connectivity index (χ1v) is 7.44. The number of rotatable bonds is 5. The highest BCUT2D eigenvalue weighted by atomic mass is 16.5. The number of benzene rings is 2. The van der Waals surface area contributed by atoms with E-state index in [9.17, 15) is 0 Å². The number of nitrogens with zero attached hydrogens (tertiary/aromatic N) is 1. The van der Waals surface area contributed by atoms with Crippen LogP contribution >= 0.6 is 0 Å². The van der Waals surface area contributed by atoms with E-state index in [0.29, 0.717) is 33.9 Å². The maximum atomic E-state index is 7.66. The van der Waals surface area contributed by atoms with Gasteiger partial charge in [0.05, 0.1) is 12.7 Å². The average molecular weight is 335 g/mol. The summed E-state index contributed by atoms with van der Waals surface area (Å²) in [5.74, 6) is 0.972. The molecule has 126 valence electrons. The van der Waals surface area contributed by atoms with Crippen molar-refractivity contribution in [3.05, 3.63) is 59.7 Å². The number of ether oxygens (including phenoxy) is 1. The minimum Gasteiger partial charge on any atom is -0.495 e. The van der Waals surface area contributed by atoms with Crippen molar-refractivity contribution in [2.24, 2.45) is 11.5 Å². The normalized spacial score (nSPS) is 10.4. The minimum atomic E-state index is -0.0813. The molecule has 0 aliphatic rings. The molecule has 6 N–H and O–H groups in total. The van der Waals surface area contributed by atoms with E-state index in [-0.39, 0.29) is 11.7 Å². The molecule has 3 aromatic rings. The van der Waals surface area contributed by atoms with E-state index in [4.69, 9.17) is 31.5 Å². The fourth-order valence-corrected chi connectivity index (χ4v) is 2.52. The largest absolute Gasteiger partial charge is 0.495 e. The van der Waals surface area contributed by atoms with Gasteiger partial charge in [-0.05, 0) is 12.1 Å². The van der Waals surface area contributed by atoms with E-state index < -0.39 is 0 Å². The molecule has 0 unspecified atom stereocenters. The number of nitrogen functional groups attached to an aromatic ring is 2. The van der Waals surface area contributed by atoms with Crippen LogP contribution in [-0.4, -0.2) is 23.9 Å². The number of aromatic nitrogens is 1. The lowest BCUT2D eigenvalue weighted by Gasteiger charge is -2.10. The van der Waals surface area contributed by atoms with Crippen LogP contribution in [0.1, 0.15) is 11.1 Å². The van der Waals surface area contributed by atoms with Crippen LogP contribution in [0.15, 0.2) is 53.1 Å². The van der Waals surface area contributed by atoms with Gasteiger partial charge in [0.1, 0.15) is 23.1 Å². The number of methoxy groups -OCH3 is 1. The van der Waals surface area contributed by atoms with Crippen LogP contribution in [0.25, 0.3) is 22.6 Å². The van der Waals surface area contributed by atoms with Gasteiger partial charge in [-0.1, -0.05) is 35.5 Å². The van der Waals surface area contributed by atoms with Gasteiger partial charge in [-0.25, -0.2) is 0 Å². The molecule has 1 heterocycles. The number of para-hydroxylation sites is 1. The Morgan fingerprint density at radius 3 is 2.36 bits per heavy atom. The second-order valence-corrected chi connectivity index (χ2v) is 5.37. The van der Waals surface area contributed by atoms with Crippen LogP contribution in [-0.2, 0) is 0 Å². The van der Waals surface area contributed by atoms with E-state index in [1.54, 1.807) is 30.3 Å². The molecule has 7 nitrogen and oxygen atoms in total. The lowest BCUT2D eigenvalue weighted by molar-refractivity contribution is 0.412. The summed E-state index contributed by atoms with van der Waals surface area (Å²) in [6.07, 6.45) is 0. The van der Waals surface area contributed by atoms with E-state index in [1.807, 2.05) is 18.2 Å². The van der Waals surface area contributed by atoms with Crippen molar-refractivity contribution in [3.63, 3.8) is 0 Å². The van der Waals surface area contributed by atoms with Gasteiger partial charge in [-0.2, -0.15) is 0 Å². The Morgan fingerprint density at radius 2 is 1.76 bits per heavy atom. The number of hydrogen-bond donors (Lipinski definition) is 4. The summed E-state index contributed by atoms with van der Waals surface area (Å²) in [6.45, 7) is 0. The number of hydrogen-bond acceptors (Lipinski definition) is 5. The summed E-state index contributed by atoms with van der Waals surface area (Å²) in [4.78, 5) is 0. The third-order valence-corrected chi connectivity index (χ3v) is 3.78. The minimum absolute atomic E-state index is 0.00981. The van der Waals surface area contributed by atoms with Gasteiger partial charge in [0, 0.05) is 22.8 Å². The highest BCUT2D eigenvalue weighted by Gasteiger charge is 2.16. The third kappa shape index (κ3) is 3.07. The summed E-state index contributed by atoms with van der Waals surface area (Å²) < 4.78 is 10.8. The molecule has 0 amide bonds. The molecule has 0 aliphatic heterocycles. The fraction of sp³-hybridized carbons (Fsp3) is 0.0556. The molecule has 0 aliphatic carbocycles. The Labute approximate surface area is 144 Å². The van der Waals surface area contributed by atoms with Crippen LogP contribution in [0.3, 0.4) is 0 Å². The molecule has 0 spiro atoms. The Kier molecular flexibility index (Phi) is 4.21. The summed E-state index contributed by atoms with van der Waals surface area (Å²) in [7, 11) is 1.52. The van der Waals surface area contributed by atoms with Gasteiger partial charge < -0.3 is 20.7 Å². The summed E-state index contributed by atoms with van der Waals surface area (Å²) >= 11 is 0. The van der Waals surface area contributed by atoms with Crippen molar-refractivity contribution in [1.82, 2.24) is 5.16 Å². The first-order chi connectivity index (χ1) is 12.0. The fourth-order valence-electron chi connectivity index (χ4n) is 2.52. The molecule has 0 saturated carbocycles. The topological polar surface area (TPSA) is 135 Å². The molecule has 7 heteroatoms. The van der Waals surface area contributed by atoms with Crippen molar-refractivity contribution in [3.8, 4) is 28.3 Å². The second kappa shape index (κ2) is 6.48. The monoisotopic (exact) mass is 335 g/mol. The van der Waals surface area contributed by atoms with Crippen LogP contribution < -0.4 is 16.2 Å². The van der Waals surface area contributed by atoms with Crippen molar-refractivity contribution in [1.29, 1.82) is 10.8 Å². The van der Waals surface area contributed by atoms with Gasteiger partial charge in [0.25, 0.3) is 0 Å². The Balaban J connectivity index is 2.01. The van der Waals surface area contributed by atoms with Gasteiger partial charge >= 0.3 is 0 Å². The average Bonchev–Trinajstić information content (AvgIpc) is 3.10. The molecular formula is C18H17N5O2. The van der Waals surface area contributed by atoms with E-state index in [1.165, 1.54) is 7.11 Å². The summed E-state index contributed by atoms with van der Waals surface area (Å²) in [5.41, 5.74) is 14.3. The standard InChI is InChI=1S/C18H17N5O2/c1-24-16-12(3-2-4-13(16)18(21)22)14-9-15(25-23-14)10-5-7-11(8-6-10)17(19)20/h2-9H,1H3,(H3,19,20)(H3,21,22). The predicted molar refractivity (Wildman–Crippen MR) is 96.0 cm³/mol. The maximum absolute atomic E-state index is 7.66. The van der Waals surface area contributed by atoms with Crippen LogP contribution in [0.5, 0.6) is 5.75 Å². The quantitative estimate of drug-likeness (QED) is 0.420. The molecule has 0 radical (unpaired) electrons. The molecule has 25 heavy (non-hydrogen) atoms. The summed E-state index contributed by atoms with van der Waals surface area (Å²) in [6, 6.07) is 14.2. The van der Waals surface area contributed by atoms with Gasteiger partial charge in [0.2, 0.25) is 0 Å². The Morgan fingerprint density at radius 1 is 1.04 bits per heavy atom. The van der Waals surface area contributed by atoms with Crippen LogP contribution in [0.2, 0.25) is 0 Å². The van der Waals surface area contributed by atoms with Crippen LogP contribution in [0, 0.1) is 10.8 Å². The highest BCUT2D eigenvalue weighted by molar-refractivity contribution is 6.00. The second-order valence-electron chi connectivity index (χ2n) is 5.37. The zero-order valence-electron chi connectivity index (χ0n) is 13.5. The Hall–Kier alpha value is -3.61. The summed E-state index contributed by atoms with van der Waals surface area (Å²) in [5, 5.41) is 19.2. The third-order valence-electron chi connectivity index (χ3n) is 3.78. The molecule has 2 aromatic carbocycles. The molecule has 0 bridgehead atoms. The van der Waals surface area contributed by atoms with E-state index >= 15 is 0 Å². The molecular weight excluding hydrogens is 318 g/mol. The van der Waals surface area contributed by atoms with Gasteiger partial charge in [-0.3, -0.25) is 10.8 Å². The van der Waals surface area contributed by atoms with E-state index in [0.717, 1.165) is 5.56 Å². The van der Waals surface area contributed by atoms with Crippen molar-refractivity contribution in [2.45, 2.75) is 0 Å². The zero-order valence-corrected chi connectivity index (χ0v) is 13.5. The Bertz CT molecular complexity index is 944. The lowest BCUT2D eigenvalue weighted by atomic mass is 10.0. The first kappa shape index (κ1) is 16.3. The molecule has 0 fully saturated rings. The number of nitrogens with one attached hydrogen (secondary N) is 2. The highest BCUT2D eigenvalue weighted by Crippen LogP contribution is 2.34. The van der Waals surface area contributed by atoms with Crippen molar-refractivity contribution >= 4 is 11.7 Å². The van der Waals surface area contributed by atoms with Gasteiger partial charge in [-0.15, -0.1) is 0 Å². The zero-order chi connectivity index (χ0) is 18.0. The number of amidine groups is 2. The SMILES string of the molecule is COc1c(C(=N)N)cccc1-c1cc(-c2ccc(C(=N)N)cc2)on1. The maximum Gasteiger partial charge on any atom is 0.167 e.